The van der Waals surface area contributed by atoms with E-state index in [-0.39, 0.29) is 6.54 Å². The summed E-state index contributed by atoms with van der Waals surface area (Å²) in [6.07, 6.45) is 5.69. The monoisotopic (exact) mass is 372 g/mol. The molecule has 27 heavy (non-hydrogen) atoms. The molecule has 2 aromatic rings. The Morgan fingerprint density at radius 2 is 1.96 bits per heavy atom. The van der Waals surface area contributed by atoms with Gasteiger partial charge in [-0.2, -0.15) is 0 Å². The lowest BCUT2D eigenvalue weighted by atomic mass is 10.0. The first-order valence-electron chi connectivity index (χ1n) is 8.85. The third-order valence-corrected chi connectivity index (χ3v) is 4.36. The highest BCUT2D eigenvalue weighted by Gasteiger charge is 2.31. The van der Waals surface area contributed by atoms with E-state index in [4.69, 9.17) is 4.74 Å². The van der Waals surface area contributed by atoms with E-state index in [1.54, 1.807) is 36.7 Å². The van der Waals surface area contributed by atoms with Gasteiger partial charge in [0.05, 0.1) is 0 Å². The average molecular weight is 372 g/mol. The minimum absolute atomic E-state index is 0.0382. The van der Waals surface area contributed by atoms with E-state index in [0.717, 1.165) is 12.8 Å². The molecule has 2 heterocycles. The highest BCUT2D eigenvalue weighted by atomic mass is 19.1. The molecule has 1 fully saturated rings. The molecule has 1 aliphatic rings. The maximum atomic E-state index is 13.5. The number of ether oxygens (including phenoxy) is 1. The number of halogens is 1. The number of rotatable bonds is 6. The van der Waals surface area contributed by atoms with Crippen molar-refractivity contribution in [2.24, 2.45) is 0 Å². The van der Waals surface area contributed by atoms with Crippen molar-refractivity contribution in [1.29, 1.82) is 0 Å². The summed E-state index contributed by atoms with van der Waals surface area (Å²) in [5, 5.41) is 2.55. The van der Waals surface area contributed by atoms with Gasteiger partial charge in [-0.05, 0) is 31.4 Å². The molecule has 7 nitrogen and oxygen atoms in total. The normalized spacial score (nSPS) is 16.6. The van der Waals surface area contributed by atoms with E-state index in [1.165, 1.54) is 6.07 Å². The van der Waals surface area contributed by atoms with E-state index >= 15 is 0 Å². The Labute approximate surface area is 156 Å². The summed E-state index contributed by atoms with van der Waals surface area (Å²) in [4.78, 5) is 34.6. The van der Waals surface area contributed by atoms with Gasteiger partial charge in [0.25, 0.3) is 5.91 Å². The van der Waals surface area contributed by atoms with Crippen molar-refractivity contribution in [3.05, 3.63) is 54.1 Å². The van der Waals surface area contributed by atoms with Crippen LogP contribution in [-0.4, -0.2) is 41.0 Å². The number of anilines is 1. The maximum absolute atomic E-state index is 13.5. The van der Waals surface area contributed by atoms with Crippen LogP contribution < -0.4 is 10.2 Å². The molecule has 1 aromatic carbocycles. The summed E-state index contributed by atoms with van der Waals surface area (Å²) in [6, 6.07) is 7.37. The van der Waals surface area contributed by atoms with Gasteiger partial charge in [0.15, 0.2) is 6.61 Å². The summed E-state index contributed by atoms with van der Waals surface area (Å²) in [6.45, 7) is 0.285. The molecular formula is C19H21FN4O3. The van der Waals surface area contributed by atoms with E-state index in [1.807, 2.05) is 4.90 Å². The lowest BCUT2D eigenvalue weighted by Gasteiger charge is -2.33. The van der Waals surface area contributed by atoms with E-state index in [0.29, 0.717) is 24.5 Å². The number of hydrogen-bond donors (Lipinski definition) is 1. The standard InChI is InChI=1S/C19H21FN4O3/c20-15-7-2-1-6-14(15)12-23-17(25)13-27-18(26)16-8-3-4-11-24(16)19-21-9-5-10-22-19/h1-2,5-7,9-10,16H,3-4,8,11-13H2,(H,23,25). The van der Waals surface area contributed by atoms with Crippen molar-refractivity contribution in [1.82, 2.24) is 15.3 Å². The number of aromatic nitrogens is 2. The number of nitrogens with one attached hydrogen (secondary N) is 1. The van der Waals surface area contributed by atoms with Crippen LogP contribution in [0.1, 0.15) is 24.8 Å². The molecule has 1 aliphatic heterocycles. The Bertz CT molecular complexity index is 788. The van der Waals surface area contributed by atoms with Gasteiger partial charge in [0.2, 0.25) is 5.95 Å². The smallest absolute Gasteiger partial charge is 0.329 e. The molecule has 1 N–H and O–H groups in total. The Hall–Kier alpha value is -3.03. The fourth-order valence-corrected chi connectivity index (χ4v) is 2.97. The van der Waals surface area contributed by atoms with E-state index in [2.05, 4.69) is 15.3 Å². The quantitative estimate of drug-likeness (QED) is 0.779. The van der Waals surface area contributed by atoms with Gasteiger partial charge in [-0.25, -0.2) is 19.2 Å². The first kappa shape index (κ1) is 18.8. The molecule has 1 atom stereocenters. The second kappa shape index (κ2) is 9.07. The number of carbonyl (C=O) groups excluding carboxylic acids is 2. The first-order valence-corrected chi connectivity index (χ1v) is 8.85. The third kappa shape index (κ3) is 4.99. The van der Waals surface area contributed by atoms with Crippen LogP contribution in [0.4, 0.5) is 10.3 Å². The third-order valence-electron chi connectivity index (χ3n) is 4.36. The minimum Gasteiger partial charge on any atom is -0.454 e. The van der Waals surface area contributed by atoms with Crippen LogP contribution in [0.25, 0.3) is 0 Å². The van der Waals surface area contributed by atoms with E-state index < -0.39 is 30.3 Å². The molecule has 0 bridgehead atoms. The molecule has 0 radical (unpaired) electrons. The van der Waals surface area contributed by atoms with Crippen molar-refractivity contribution in [3.63, 3.8) is 0 Å². The molecule has 1 saturated heterocycles. The highest BCUT2D eigenvalue weighted by molar-refractivity contribution is 5.84. The predicted molar refractivity (Wildman–Crippen MR) is 96.2 cm³/mol. The number of esters is 1. The van der Waals surface area contributed by atoms with Gasteiger partial charge >= 0.3 is 5.97 Å². The second-order valence-electron chi connectivity index (χ2n) is 6.23. The number of piperidine rings is 1. The summed E-state index contributed by atoms with van der Waals surface area (Å²) in [5.41, 5.74) is 0.372. The average Bonchev–Trinajstić information content (AvgIpc) is 2.72. The summed E-state index contributed by atoms with van der Waals surface area (Å²) >= 11 is 0. The Morgan fingerprint density at radius 1 is 1.19 bits per heavy atom. The highest BCUT2D eigenvalue weighted by Crippen LogP contribution is 2.22. The first-order chi connectivity index (χ1) is 13.1. The van der Waals surface area contributed by atoms with Gasteiger partial charge < -0.3 is 15.0 Å². The van der Waals surface area contributed by atoms with Crippen molar-refractivity contribution in [2.45, 2.75) is 31.8 Å². The molecule has 1 unspecified atom stereocenters. The van der Waals surface area contributed by atoms with Crippen molar-refractivity contribution in [3.8, 4) is 0 Å². The lowest BCUT2D eigenvalue weighted by molar-refractivity contribution is -0.150. The number of nitrogens with zero attached hydrogens (tertiary/aromatic N) is 3. The Kier molecular flexibility index (Phi) is 6.30. The zero-order valence-electron chi connectivity index (χ0n) is 14.8. The Balaban J connectivity index is 1.51. The minimum atomic E-state index is -0.513. The Morgan fingerprint density at radius 3 is 2.74 bits per heavy atom. The fraction of sp³-hybridized carbons (Fsp3) is 0.368. The molecule has 0 spiro atoms. The van der Waals surface area contributed by atoms with Crippen LogP contribution in [0.15, 0.2) is 42.7 Å². The van der Waals surface area contributed by atoms with Gasteiger partial charge in [0, 0.05) is 31.0 Å². The predicted octanol–water partition coefficient (Wildman–Crippen LogP) is 1.83. The molecule has 3 rings (SSSR count). The number of amides is 1. The molecule has 8 heteroatoms. The summed E-state index contributed by atoms with van der Waals surface area (Å²) < 4.78 is 18.7. The maximum Gasteiger partial charge on any atom is 0.329 e. The topological polar surface area (TPSA) is 84.4 Å². The van der Waals surface area contributed by atoms with Crippen molar-refractivity contribution >= 4 is 17.8 Å². The van der Waals surface area contributed by atoms with E-state index in [9.17, 15) is 14.0 Å². The largest absolute Gasteiger partial charge is 0.454 e. The van der Waals surface area contributed by atoms with Gasteiger partial charge in [-0.15, -0.1) is 0 Å². The van der Waals surface area contributed by atoms with Crippen LogP contribution in [0.2, 0.25) is 0 Å². The zero-order valence-corrected chi connectivity index (χ0v) is 14.8. The SMILES string of the molecule is O=C(COC(=O)C1CCCCN1c1ncccn1)NCc1ccccc1F. The number of carbonyl (C=O) groups is 2. The molecular weight excluding hydrogens is 351 g/mol. The molecule has 142 valence electrons. The van der Waals surface area contributed by atoms with Gasteiger partial charge in [0.1, 0.15) is 11.9 Å². The molecule has 0 saturated carbocycles. The van der Waals surface area contributed by atoms with Crippen molar-refractivity contribution in [2.75, 3.05) is 18.1 Å². The summed E-state index contributed by atoms with van der Waals surface area (Å²) in [7, 11) is 0. The number of benzene rings is 1. The second-order valence-corrected chi connectivity index (χ2v) is 6.23. The molecule has 1 amide bonds. The lowest BCUT2D eigenvalue weighted by Crippen LogP contribution is -2.47. The molecule has 1 aromatic heterocycles. The van der Waals surface area contributed by atoms with Crippen LogP contribution in [0.3, 0.4) is 0 Å². The molecule has 0 aliphatic carbocycles. The van der Waals surface area contributed by atoms with Gasteiger partial charge in [-0.1, -0.05) is 18.2 Å². The number of hydrogen-bond acceptors (Lipinski definition) is 6. The fourth-order valence-electron chi connectivity index (χ4n) is 2.97. The summed E-state index contributed by atoms with van der Waals surface area (Å²) in [5.74, 6) is -0.883. The zero-order chi connectivity index (χ0) is 19.1. The van der Waals surface area contributed by atoms with Crippen LogP contribution >= 0.6 is 0 Å². The van der Waals surface area contributed by atoms with Crippen LogP contribution in [-0.2, 0) is 20.9 Å². The van der Waals surface area contributed by atoms with Crippen LogP contribution in [0, 0.1) is 5.82 Å². The van der Waals surface area contributed by atoms with Crippen LogP contribution in [0.5, 0.6) is 0 Å². The van der Waals surface area contributed by atoms with Crippen molar-refractivity contribution < 1.29 is 18.7 Å². The van der Waals surface area contributed by atoms with Gasteiger partial charge in [-0.3, -0.25) is 4.79 Å².